The minimum Gasteiger partial charge on any atom is -0.464 e. The van der Waals surface area contributed by atoms with Gasteiger partial charge in [-0.1, -0.05) is 60.7 Å². The Hall–Kier alpha value is -3.39. The summed E-state index contributed by atoms with van der Waals surface area (Å²) in [5.41, 5.74) is 1.31. The van der Waals surface area contributed by atoms with E-state index in [2.05, 4.69) is 5.32 Å². The van der Waals surface area contributed by atoms with Crippen molar-refractivity contribution < 1.29 is 28.6 Å². The van der Waals surface area contributed by atoms with E-state index >= 15 is 0 Å². The van der Waals surface area contributed by atoms with Crippen LogP contribution in [0.1, 0.15) is 45.2 Å². The predicted molar refractivity (Wildman–Crippen MR) is 135 cm³/mol. The first-order valence-electron chi connectivity index (χ1n) is 12.2. The summed E-state index contributed by atoms with van der Waals surface area (Å²) in [5, 5.41) is 2.98. The van der Waals surface area contributed by atoms with Gasteiger partial charge in [0.15, 0.2) is 0 Å². The van der Waals surface area contributed by atoms with E-state index in [1.54, 1.807) is 20.8 Å². The van der Waals surface area contributed by atoms with Gasteiger partial charge < -0.3 is 19.5 Å². The Balaban J connectivity index is 1.72. The molecule has 1 fully saturated rings. The molecule has 1 saturated heterocycles. The average Bonchev–Trinajstić information content (AvgIpc) is 3.26. The lowest BCUT2D eigenvalue weighted by molar-refractivity contribution is -0.142. The monoisotopic (exact) mass is 496 g/mol. The summed E-state index contributed by atoms with van der Waals surface area (Å²) in [6, 6.07) is 18.2. The molecule has 36 heavy (non-hydrogen) atoms. The van der Waals surface area contributed by atoms with Crippen molar-refractivity contribution in [1.82, 2.24) is 10.2 Å². The Morgan fingerprint density at radius 3 is 2.19 bits per heavy atom. The Bertz CT molecular complexity index is 1010. The lowest BCUT2D eigenvalue weighted by Gasteiger charge is -2.29. The fraction of sp³-hybridized carbons (Fsp3) is 0.464. The van der Waals surface area contributed by atoms with Crippen LogP contribution in [0.25, 0.3) is 0 Å². The minimum atomic E-state index is -0.767. The maximum absolute atomic E-state index is 13.4. The molecule has 8 heteroatoms. The van der Waals surface area contributed by atoms with E-state index in [-0.39, 0.29) is 25.2 Å². The van der Waals surface area contributed by atoms with E-state index < -0.39 is 29.7 Å². The molecule has 2 amide bonds. The van der Waals surface area contributed by atoms with Crippen molar-refractivity contribution >= 4 is 18.0 Å². The van der Waals surface area contributed by atoms with Gasteiger partial charge in [0.05, 0.1) is 25.3 Å². The highest BCUT2D eigenvalue weighted by Gasteiger charge is 2.42. The molecule has 0 bridgehead atoms. The molecule has 1 heterocycles. The number of likely N-dealkylation sites (tertiary alicyclic amines) is 1. The first-order valence-corrected chi connectivity index (χ1v) is 12.2. The van der Waals surface area contributed by atoms with Gasteiger partial charge in [-0.2, -0.15) is 0 Å². The van der Waals surface area contributed by atoms with Gasteiger partial charge >= 0.3 is 12.1 Å². The zero-order valence-electron chi connectivity index (χ0n) is 21.4. The summed E-state index contributed by atoms with van der Waals surface area (Å²) in [6.45, 7) is 7.34. The van der Waals surface area contributed by atoms with Crippen molar-refractivity contribution in [3.8, 4) is 0 Å². The number of hydrogen-bond donors (Lipinski definition) is 1. The number of amides is 2. The van der Waals surface area contributed by atoms with Crippen LogP contribution in [0.2, 0.25) is 0 Å². The fourth-order valence-electron chi connectivity index (χ4n) is 4.04. The molecule has 0 spiro atoms. The van der Waals surface area contributed by atoms with E-state index in [1.807, 2.05) is 60.7 Å². The Morgan fingerprint density at radius 1 is 1.00 bits per heavy atom. The molecular weight excluding hydrogens is 460 g/mol. The van der Waals surface area contributed by atoms with Crippen LogP contribution in [-0.2, 0) is 36.8 Å². The van der Waals surface area contributed by atoms with Gasteiger partial charge in [0, 0.05) is 13.3 Å². The predicted octanol–water partition coefficient (Wildman–Crippen LogP) is 3.87. The van der Waals surface area contributed by atoms with Gasteiger partial charge in [-0.05, 0) is 38.3 Å². The SMILES string of the molecule is CC(=O)OCC(Cc1ccccc1)NC(=O)[C@@H]1C[C@@H](OCc2ccccc2)CN1C(=O)OC(C)(C)C. The van der Waals surface area contributed by atoms with E-state index in [0.29, 0.717) is 19.4 Å². The lowest BCUT2D eigenvalue weighted by atomic mass is 10.1. The van der Waals surface area contributed by atoms with Crippen molar-refractivity contribution in [2.45, 2.75) is 70.9 Å². The zero-order chi connectivity index (χ0) is 26.1. The maximum atomic E-state index is 13.4. The molecule has 1 unspecified atom stereocenters. The molecule has 0 saturated carbocycles. The molecule has 194 valence electrons. The first kappa shape index (κ1) is 27.2. The summed E-state index contributed by atoms with van der Waals surface area (Å²) < 4.78 is 16.8. The number of carbonyl (C=O) groups excluding carboxylic acids is 3. The number of ether oxygens (including phenoxy) is 3. The third-order valence-electron chi connectivity index (χ3n) is 5.68. The van der Waals surface area contributed by atoms with Crippen LogP contribution in [0.15, 0.2) is 60.7 Å². The normalized spacial score (nSPS) is 18.4. The van der Waals surface area contributed by atoms with Gasteiger partial charge in [-0.3, -0.25) is 14.5 Å². The average molecular weight is 497 g/mol. The quantitative estimate of drug-likeness (QED) is 0.530. The summed E-state index contributed by atoms with van der Waals surface area (Å²) in [6.07, 6.45) is -0.0705. The number of benzene rings is 2. The van der Waals surface area contributed by atoms with Crippen molar-refractivity contribution in [3.63, 3.8) is 0 Å². The van der Waals surface area contributed by atoms with Crippen molar-refractivity contribution in [3.05, 3.63) is 71.8 Å². The maximum Gasteiger partial charge on any atom is 0.411 e. The molecule has 1 N–H and O–H groups in total. The molecule has 3 atom stereocenters. The number of rotatable bonds is 9. The molecule has 0 aromatic heterocycles. The minimum absolute atomic E-state index is 0.0308. The number of esters is 1. The van der Waals surface area contributed by atoms with E-state index in [4.69, 9.17) is 14.2 Å². The van der Waals surface area contributed by atoms with Gasteiger partial charge in [0.25, 0.3) is 0 Å². The van der Waals surface area contributed by atoms with Crippen LogP contribution < -0.4 is 5.32 Å². The highest BCUT2D eigenvalue weighted by Crippen LogP contribution is 2.25. The first-order chi connectivity index (χ1) is 17.1. The highest BCUT2D eigenvalue weighted by molar-refractivity contribution is 5.86. The molecule has 2 aromatic carbocycles. The Kier molecular flexibility index (Phi) is 9.47. The van der Waals surface area contributed by atoms with E-state index in [0.717, 1.165) is 11.1 Å². The molecule has 1 aliphatic heterocycles. The second-order valence-corrected chi connectivity index (χ2v) is 10.0. The topological polar surface area (TPSA) is 94.2 Å². The molecule has 1 aliphatic rings. The van der Waals surface area contributed by atoms with Crippen molar-refractivity contribution in [2.75, 3.05) is 13.2 Å². The van der Waals surface area contributed by atoms with Crippen LogP contribution in [0.3, 0.4) is 0 Å². The summed E-state index contributed by atoms with van der Waals surface area (Å²) in [4.78, 5) is 39.3. The van der Waals surface area contributed by atoms with Gasteiger partial charge in [0.2, 0.25) is 5.91 Å². The van der Waals surface area contributed by atoms with E-state index in [1.165, 1.54) is 11.8 Å². The molecule has 8 nitrogen and oxygen atoms in total. The largest absolute Gasteiger partial charge is 0.464 e. The molecule has 0 radical (unpaired) electrons. The Morgan fingerprint density at radius 2 is 1.61 bits per heavy atom. The second kappa shape index (κ2) is 12.5. The number of nitrogens with zero attached hydrogens (tertiary/aromatic N) is 1. The molecule has 3 rings (SSSR count). The number of carbonyl (C=O) groups is 3. The van der Waals surface area contributed by atoms with Gasteiger partial charge in [-0.15, -0.1) is 0 Å². The van der Waals surface area contributed by atoms with E-state index in [9.17, 15) is 14.4 Å². The Labute approximate surface area is 212 Å². The highest BCUT2D eigenvalue weighted by atomic mass is 16.6. The third-order valence-corrected chi connectivity index (χ3v) is 5.68. The summed E-state index contributed by atoms with van der Waals surface area (Å²) in [7, 11) is 0. The van der Waals surface area contributed by atoms with Crippen LogP contribution in [0, 0.1) is 0 Å². The fourth-order valence-corrected chi connectivity index (χ4v) is 4.04. The zero-order valence-corrected chi connectivity index (χ0v) is 21.4. The van der Waals surface area contributed by atoms with Crippen LogP contribution in [-0.4, -0.2) is 59.8 Å². The van der Waals surface area contributed by atoms with Crippen molar-refractivity contribution in [2.24, 2.45) is 0 Å². The third kappa shape index (κ3) is 8.68. The van der Waals surface area contributed by atoms with Crippen molar-refractivity contribution in [1.29, 1.82) is 0 Å². The summed E-state index contributed by atoms with van der Waals surface area (Å²) in [5.74, 6) is -0.757. The standard InChI is InChI=1S/C28H36N2O6/c1-20(31)34-19-23(15-21-11-7-5-8-12-21)29-26(32)25-16-24(35-18-22-13-9-6-10-14-22)17-30(25)27(33)36-28(2,3)4/h5-14,23-25H,15-19H2,1-4H3,(H,29,32)/t23?,24-,25+/m1/s1. The van der Waals surface area contributed by atoms with Crippen LogP contribution in [0.4, 0.5) is 4.79 Å². The van der Waals surface area contributed by atoms with Gasteiger partial charge in [0.1, 0.15) is 18.2 Å². The smallest absolute Gasteiger partial charge is 0.411 e. The second-order valence-electron chi connectivity index (χ2n) is 10.0. The van der Waals surface area contributed by atoms with Crippen LogP contribution >= 0.6 is 0 Å². The number of hydrogen-bond acceptors (Lipinski definition) is 6. The molecular formula is C28H36N2O6. The lowest BCUT2D eigenvalue weighted by Crippen LogP contribution is -2.51. The summed E-state index contributed by atoms with van der Waals surface area (Å²) >= 11 is 0. The molecule has 2 aromatic rings. The van der Waals surface area contributed by atoms with Gasteiger partial charge in [-0.25, -0.2) is 4.79 Å². The number of nitrogens with one attached hydrogen (secondary N) is 1. The van der Waals surface area contributed by atoms with Crippen LogP contribution in [0.5, 0.6) is 0 Å². The molecule has 0 aliphatic carbocycles.